The van der Waals surface area contributed by atoms with Crippen molar-refractivity contribution >= 4 is 17.9 Å². The fraction of sp³-hybridized carbons (Fsp3) is 0.817. The number of hydrogen-bond donors (Lipinski definition) is 0. The molecular weight excluding hydrogens is 817 g/mol. The lowest BCUT2D eigenvalue weighted by molar-refractivity contribution is -0.167. The average molecular weight is 926 g/mol. The molecule has 1 unspecified atom stereocenters. The number of esters is 3. The zero-order valence-electron chi connectivity index (χ0n) is 44.0. The third kappa shape index (κ3) is 52.3. The SMILES string of the molecule is CC/C=C\C/C=C\C/C=C\CCCCCCCC(=O)OC(COC(=O)CCCCCCC/C=C\CCCCCCC)COC(=O)CCCCCCCCCCCCCCCCCCCCC. The second-order valence-electron chi connectivity index (χ2n) is 19.2. The van der Waals surface area contributed by atoms with E-state index in [9.17, 15) is 14.4 Å². The van der Waals surface area contributed by atoms with Crippen LogP contribution in [0, 0.1) is 0 Å². The largest absolute Gasteiger partial charge is 0.462 e. The van der Waals surface area contributed by atoms with E-state index in [1.165, 1.54) is 154 Å². The van der Waals surface area contributed by atoms with Gasteiger partial charge >= 0.3 is 17.9 Å². The first-order valence-corrected chi connectivity index (χ1v) is 28.6. The van der Waals surface area contributed by atoms with E-state index >= 15 is 0 Å². The van der Waals surface area contributed by atoms with E-state index in [0.717, 1.165) is 103 Å². The van der Waals surface area contributed by atoms with Crippen molar-refractivity contribution < 1.29 is 28.6 Å². The lowest BCUT2D eigenvalue weighted by Crippen LogP contribution is -2.30. The Morgan fingerprint density at radius 3 is 0.939 bits per heavy atom. The molecule has 0 spiro atoms. The first kappa shape index (κ1) is 63.4. The van der Waals surface area contributed by atoms with E-state index in [-0.39, 0.29) is 31.1 Å². The van der Waals surface area contributed by atoms with Gasteiger partial charge in [-0.15, -0.1) is 0 Å². The van der Waals surface area contributed by atoms with Crippen LogP contribution in [0.15, 0.2) is 48.6 Å². The Morgan fingerprint density at radius 1 is 0.318 bits per heavy atom. The van der Waals surface area contributed by atoms with Gasteiger partial charge in [0, 0.05) is 19.3 Å². The fourth-order valence-electron chi connectivity index (χ4n) is 8.28. The fourth-order valence-corrected chi connectivity index (χ4v) is 8.28. The van der Waals surface area contributed by atoms with Crippen molar-refractivity contribution in [2.24, 2.45) is 0 Å². The molecule has 66 heavy (non-hydrogen) atoms. The van der Waals surface area contributed by atoms with Crippen LogP contribution in [0.5, 0.6) is 0 Å². The number of carbonyl (C=O) groups excluding carboxylic acids is 3. The Bertz CT molecular complexity index is 1150. The molecule has 0 aromatic heterocycles. The van der Waals surface area contributed by atoms with Gasteiger partial charge in [0.05, 0.1) is 0 Å². The van der Waals surface area contributed by atoms with E-state index in [1.54, 1.807) is 0 Å². The van der Waals surface area contributed by atoms with Crippen LogP contribution < -0.4 is 0 Å². The molecule has 0 rings (SSSR count). The summed E-state index contributed by atoms with van der Waals surface area (Å²) in [6.07, 6.45) is 66.7. The first-order chi connectivity index (χ1) is 32.5. The topological polar surface area (TPSA) is 78.9 Å². The van der Waals surface area contributed by atoms with Gasteiger partial charge in [-0.05, 0) is 77.0 Å². The summed E-state index contributed by atoms with van der Waals surface area (Å²) in [6.45, 7) is 6.53. The van der Waals surface area contributed by atoms with E-state index in [4.69, 9.17) is 14.2 Å². The lowest BCUT2D eigenvalue weighted by atomic mass is 10.0. The molecule has 6 nitrogen and oxygen atoms in total. The predicted octanol–water partition coefficient (Wildman–Crippen LogP) is 19.0. The molecule has 0 aromatic carbocycles. The minimum Gasteiger partial charge on any atom is -0.462 e. The Kier molecular flexibility index (Phi) is 52.8. The highest BCUT2D eigenvalue weighted by atomic mass is 16.6. The van der Waals surface area contributed by atoms with E-state index in [2.05, 4.69) is 69.4 Å². The maximum atomic E-state index is 12.8. The Labute approximate surface area is 409 Å². The summed E-state index contributed by atoms with van der Waals surface area (Å²) in [5, 5.41) is 0. The highest BCUT2D eigenvalue weighted by Gasteiger charge is 2.19. The molecular formula is C60H108O6. The van der Waals surface area contributed by atoms with Gasteiger partial charge in [-0.25, -0.2) is 0 Å². The zero-order valence-corrected chi connectivity index (χ0v) is 44.0. The van der Waals surface area contributed by atoms with Gasteiger partial charge in [-0.3, -0.25) is 14.4 Å². The van der Waals surface area contributed by atoms with Crippen LogP contribution in [-0.2, 0) is 28.6 Å². The maximum absolute atomic E-state index is 12.8. The normalized spacial score (nSPS) is 12.3. The highest BCUT2D eigenvalue weighted by Crippen LogP contribution is 2.16. The van der Waals surface area contributed by atoms with Crippen molar-refractivity contribution in [2.45, 2.75) is 303 Å². The van der Waals surface area contributed by atoms with Gasteiger partial charge < -0.3 is 14.2 Å². The molecule has 384 valence electrons. The monoisotopic (exact) mass is 925 g/mol. The number of unbranched alkanes of at least 4 members (excludes halogenated alkanes) is 33. The van der Waals surface area contributed by atoms with E-state index in [1.807, 2.05) is 0 Å². The number of carbonyl (C=O) groups is 3. The molecule has 0 aromatic rings. The van der Waals surface area contributed by atoms with Crippen LogP contribution in [0.4, 0.5) is 0 Å². The average Bonchev–Trinajstić information content (AvgIpc) is 3.31. The summed E-state index contributed by atoms with van der Waals surface area (Å²) in [5.74, 6) is -0.892. The molecule has 0 bridgehead atoms. The lowest BCUT2D eigenvalue weighted by Gasteiger charge is -2.18. The Morgan fingerprint density at radius 2 is 0.591 bits per heavy atom. The van der Waals surface area contributed by atoms with Gasteiger partial charge in [0.2, 0.25) is 0 Å². The molecule has 0 heterocycles. The van der Waals surface area contributed by atoms with Gasteiger partial charge in [-0.1, -0.05) is 249 Å². The Hall–Kier alpha value is -2.63. The zero-order chi connectivity index (χ0) is 47.9. The summed E-state index contributed by atoms with van der Waals surface area (Å²) in [4.78, 5) is 38.1. The van der Waals surface area contributed by atoms with E-state index in [0.29, 0.717) is 19.3 Å². The minimum atomic E-state index is -0.783. The van der Waals surface area contributed by atoms with Crippen LogP contribution in [0.3, 0.4) is 0 Å². The quantitative estimate of drug-likeness (QED) is 0.0262. The van der Waals surface area contributed by atoms with Crippen molar-refractivity contribution in [3.63, 3.8) is 0 Å². The molecule has 0 saturated heterocycles. The first-order valence-electron chi connectivity index (χ1n) is 28.6. The smallest absolute Gasteiger partial charge is 0.306 e. The van der Waals surface area contributed by atoms with Crippen molar-refractivity contribution in [3.8, 4) is 0 Å². The Balaban J connectivity index is 4.35. The maximum Gasteiger partial charge on any atom is 0.306 e. The number of rotatable bonds is 52. The second kappa shape index (κ2) is 55.0. The van der Waals surface area contributed by atoms with Crippen LogP contribution in [0.2, 0.25) is 0 Å². The van der Waals surface area contributed by atoms with Crippen molar-refractivity contribution in [3.05, 3.63) is 48.6 Å². The number of ether oxygens (including phenoxy) is 3. The number of hydrogen-bond acceptors (Lipinski definition) is 6. The van der Waals surface area contributed by atoms with E-state index < -0.39 is 6.10 Å². The molecule has 0 saturated carbocycles. The molecule has 0 N–H and O–H groups in total. The van der Waals surface area contributed by atoms with Crippen molar-refractivity contribution in [1.29, 1.82) is 0 Å². The van der Waals surface area contributed by atoms with Gasteiger partial charge in [0.15, 0.2) is 6.10 Å². The molecule has 0 fully saturated rings. The molecule has 0 amide bonds. The molecule has 6 heteroatoms. The van der Waals surface area contributed by atoms with Gasteiger partial charge in [-0.2, -0.15) is 0 Å². The molecule has 0 aliphatic heterocycles. The predicted molar refractivity (Wildman–Crippen MR) is 284 cm³/mol. The minimum absolute atomic E-state index is 0.0799. The van der Waals surface area contributed by atoms with Crippen LogP contribution in [0.25, 0.3) is 0 Å². The molecule has 0 radical (unpaired) electrons. The van der Waals surface area contributed by atoms with Gasteiger partial charge in [0.1, 0.15) is 13.2 Å². The molecule has 0 aliphatic carbocycles. The van der Waals surface area contributed by atoms with Crippen LogP contribution in [-0.4, -0.2) is 37.2 Å². The third-order valence-electron chi connectivity index (χ3n) is 12.6. The van der Waals surface area contributed by atoms with Crippen molar-refractivity contribution in [2.75, 3.05) is 13.2 Å². The summed E-state index contributed by atoms with van der Waals surface area (Å²) in [7, 11) is 0. The summed E-state index contributed by atoms with van der Waals surface area (Å²) >= 11 is 0. The summed E-state index contributed by atoms with van der Waals surface area (Å²) in [5.41, 5.74) is 0. The second-order valence-corrected chi connectivity index (χ2v) is 19.2. The van der Waals surface area contributed by atoms with Crippen LogP contribution in [0.1, 0.15) is 297 Å². The van der Waals surface area contributed by atoms with Gasteiger partial charge in [0.25, 0.3) is 0 Å². The summed E-state index contributed by atoms with van der Waals surface area (Å²) in [6, 6.07) is 0. The third-order valence-corrected chi connectivity index (χ3v) is 12.6. The van der Waals surface area contributed by atoms with Crippen molar-refractivity contribution in [1.82, 2.24) is 0 Å². The highest BCUT2D eigenvalue weighted by molar-refractivity contribution is 5.71. The molecule has 0 aliphatic rings. The standard InChI is InChI=1S/C60H108O6/c1-4-7-10-13-16-19-22-25-28-29-30-31-33-35-38-41-44-47-50-53-59(62)65-56-57(55-64-58(61)52-49-46-43-40-37-34-27-24-21-18-15-12-9-6-3)66-60(63)54-51-48-45-42-39-36-32-26-23-20-17-14-11-8-5-2/h8,11,17,20,24,26-27,32,57H,4-7,9-10,12-16,18-19,21-23,25,28-31,33-56H2,1-3H3/b11-8-,20-17-,27-24-,32-26-. The summed E-state index contributed by atoms with van der Waals surface area (Å²) < 4.78 is 16.8. The number of allylic oxidation sites excluding steroid dienone is 8. The molecule has 1 atom stereocenters. The van der Waals surface area contributed by atoms with Crippen LogP contribution >= 0.6 is 0 Å².